The van der Waals surface area contributed by atoms with Crippen molar-refractivity contribution < 1.29 is 14.3 Å². The van der Waals surface area contributed by atoms with Gasteiger partial charge in [0.05, 0.1) is 11.4 Å². The highest BCUT2D eigenvalue weighted by molar-refractivity contribution is 7.20. The Hall–Kier alpha value is -2.96. The number of carbonyl (C=O) groups is 2. The Balaban J connectivity index is 1.55. The van der Waals surface area contributed by atoms with Crippen LogP contribution in [0.2, 0.25) is 5.02 Å². The minimum absolute atomic E-state index is 0.214. The van der Waals surface area contributed by atoms with Crippen molar-refractivity contribution in [1.82, 2.24) is 9.78 Å². The summed E-state index contributed by atoms with van der Waals surface area (Å²) in [6.07, 6.45) is 0. The Kier molecular flexibility index (Phi) is 5.45. The van der Waals surface area contributed by atoms with Crippen molar-refractivity contribution in [2.75, 3.05) is 6.61 Å². The molecule has 0 unspecified atom stereocenters. The summed E-state index contributed by atoms with van der Waals surface area (Å²) in [5.41, 5.74) is 4.09. The van der Waals surface area contributed by atoms with Gasteiger partial charge in [0.2, 0.25) is 5.78 Å². The number of benzene rings is 2. The van der Waals surface area contributed by atoms with Gasteiger partial charge in [-0.15, -0.1) is 11.3 Å². The van der Waals surface area contributed by atoms with Gasteiger partial charge < -0.3 is 4.74 Å². The van der Waals surface area contributed by atoms with E-state index in [-0.39, 0.29) is 12.4 Å². The number of esters is 1. The fourth-order valence-corrected chi connectivity index (χ4v) is 4.42. The molecule has 0 aliphatic heterocycles. The van der Waals surface area contributed by atoms with Gasteiger partial charge in [0.15, 0.2) is 6.61 Å². The molecule has 30 heavy (non-hydrogen) atoms. The summed E-state index contributed by atoms with van der Waals surface area (Å²) < 4.78 is 7.10. The number of nitrogens with zero attached hydrogens (tertiary/aromatic N) is 2. The second-order valence-electron chi connectivity index (χ2n) is 7.12. The summed E-state index contributed by atoms with van der Waals surface area (Å²) in [6.45, 7) is 5.39. The second-order valence-corrected chi connectivity index (χ2v) is 8.59. The second kappa shape index (κ2) is 8.05. The van der Waals surface area contributed by atoms with Crippen LogP contribution < -0.4 is 0 Å². The molecule has 0 aliphatic rings. The van der Waals surface area contributed by atoms with Gasteiger partial charge >= 0.3 is 5.97 Å². The Bertz CT molecular complexity index is 1270. The maximum absolute atomic E-state index is 12.6. The summed E-state index contributed by atoms with van der Waals surface area (Å²) in [5, 5.41) is 6.08. The van der Waals surface area contributed by atoms with Crippen molar-refractivity contribution >= 4 is 44.9 Å². The first kappa shape index (κ1) is 20.3. The predicted octanol–water partition coefficient (Wildman–Crippen LogP) is 5.71. The third kappa shape index (κ3) is 3.88. The number of halogens is 1. The molecule has 7 heteroatoms. The number of rotatable bonds is 5. The van der Waals surface area contributed by atoms with E-state index in [4.69, 9.17) is 16.3 Å². The summed E-state index contributed by atoms with van der Waals surface area (Å²) in [4.78, 5) is 26.4. The van der Waals surface area contributed by atoms with Crippen LogP contribution in [0.3, 0.4) is 0 Å². The van der Waals surface area contributed by atoms with Crippen LogP contribution in [0, 0.1) is 20.8 Å². The zero-order chi connectivity index (χ0) is 21.4. The van der Waals surface area contributed by atoms with Crippen LogP contribution in [-0.2, 0) is 4.74 Å². The van der Waals surface area contributed by atoms with E-state index in [9.17, 15) is 9.59 Å². The molecule has 0 amide bonds. The van der Waals surface area contributed by atoms with Gasteiger partial charge in [-0.3, -0.25) is 4.79 Å². The van der Waals surface area contributed by atoms with Crippen LogP contribution in [0.25, 0.3) is 15.9 Å². The molecule has 0 aliphatic carbocycles. The molecule has 0 N–H and O–H groups in total. The molecule has 0 radical (unpaired) electrons. The number of ether oxygens (including phenoxy) is 1. The van der Waals surface area contributed by atoms with Crippen LogP contribution in [0.15, 0.2) is 48.5 Å². The number of thiophene rings is 1. The van der Waals surface area contributed by atoms with E-state index < -0.39 is 5.97 Å². The Morgan fingerprint density at radius 2 is 1.80 bits per heavy atom. The largest absolute Gasteiger partial charge is 0.453 e. The first-order valence-corrected chi connectivity index (χ1v) is 10.6. The highest BCUT2D eigenvalue weighted by Gasteiger charge is 2.19. The van der Waals surface area contributed by atoms with Crippen LogP contribution in [0.4, 0.5) is 0 Å². The topological polar surface area (TPSA) is 61.2 Å². The summed E-state index contributed by atoms with van der Waals surface area (Å²) >= 11 is 7.26. The van der Waals surface area contributed by atoms with Gasteiger partial charge in [-0.2, -0.15) is 5.10 Å². The number of carbonyl (C=O) groups excluding carboxylic acids is 2. The third-order valence-corrected chi connectivity index (χ3v) is 6.19. The van der Waals surface area contributed by atoms with Crippen LogP contribution in [-0.4, -0.2) is 28.1 Å². The molecule has 2 heterocycles. The first-order valence-electron chi connectivity index (χ1n) is 9.36. The van der Waals surface area contributed by atoms with E-state index in [1.165, 1.54) is 11.3 Å². The molecular formula is C23H19ClN2O3S. The van der Waals surface area contributed by atoms with Crippen LogP contribution >= 0.6 is 22.9 Å². The lowest BCUT2D eigenvalue weighted by Gasteiger charge is -2.07. The average Bonchev–Trinajstić information content (AvgIpc) is 3.29. The molecule has 0 bridgehead atoms. The molecule has 0 fully saturated rings. The van der Waals surface area contributed by atoms with E-state index in [1.54, 1.807) is 22.9 Å². The Labute approximate surface area is 182 Å². The van der Waals surface area contributed by atoms with Crippen molar-refractivity contribution in [3.05, 3.63) is 80.8 Å². The molecule has 4 rings (SSSR count). The minimum atomic E-state index is -0.517. The Morgan fingerprint density at radius 3 is 2.53 bits per heavy atom. The third-order valence-electron chi connectivity index (χ3n) is 4.84. The lowest BCUT2D eigenvalue weighted by Crippen LogP contribution is -2.14. The molecule has 2 aromatic carbocycles. The standard InChI is InChI=1S/C23H19ClN2O3S/c1-13-4-5-14(2)18(10-13)20(27)12-29-23(28)21-11-19-15(3)25-26(22(19)30-21)17-8-6-16(24)7-9-17/h4-11H,12H2,1-3H3. The molecule has 5 nitrogen and oxygen atoms in total. The highest BCUT2D eigenvalue weighted by Crippen LogP contribution is 2.31. The molecule has 0 spiro atoms. The molecule has 0 saturated heterocycles. The van der Waals surface area contributed by atoms with E-state index in [2.05, 4.69) is 5.10 Å². The van der Waals surface area contributed by atoms with E-state index in [0.717, 1.165) is 32.7 Å². The fraction of sp³-hybridized carbons (Fsp3) is 0.174. The van der Waals surface area contributed by atoms with Gasteiger partial charge in [-0.25, -0.2) is 9.48 Å². The summed E-state index contributed by atoms with van der Waals surface area (Å²) in [7, 11) is 0. The lowest BCUT2D eigenvalue weighted by molar-refractivity contribution is 0.0479. The summed E-state index contributed by atoms with van der Waals surface area (Å²) in [5.74, 6) is -0.730. The molecule has 152 valence electrons. The molecular weight excluding hydrogens is 420 g/mol. The molecule has 2 aromatic heterocycles. The zero-order valence-corrected chi connectivity index (χ0v) is 18.3. The Morgan fingerprint density at radius 1 is 1.07 bits per heavy atom. The fourth-order valence-electron chi connectivity index (χ4n) is 3.22. The maximum Gasteiger partial charge on any atom is 0.348 e. The molecule has 4 aromatic rings. The van der Waals surface area contributed by atoms with E-state index >= 15 is 0 Å². The van der Waals surface area contributed by atoms with E-state index in [1.807, 2.05) is 51.1 Å². The van der Waals surface area contributed by atoms with Gasteiger partial charge in [-0.05, 0) is 62.7 Å². The predicted molar refractivity (Wildman–Crippen MR) is 119 cm³/mol. The minimum Gasteiger partial charge on any atom is -0.453 e. The number of aryl methyl sites for hydroxylation is 3. The molecule has 0 atom stereocenters. The monoisotopic (exact) mass is 438 g/mol. The lowest BCUT2D eigenvalue weighted by atomic mass is 10.0. The number of hydrogen-bond donors (Lipinski definition) is 0. The van der Waals surface area contributed by atoms with Crippen molar-refractivity contribution in [2.24, 2.45) is 0 Å². The highest BCUT2D eigenvalue weighted by atomic mass is 35.5. The van der Waals surface area contributed by atoms with Crippen LogP contribution in [0.1, 0.15) is 36.9 Å². The normalized spacial score (nSPS) is 11.1. The number of Topliss-reactive ketones (excluding diaryl/α,β-unsaturated/α-hetero) is 1. The number of hydrogen-bond acceptors (Lipinski definition) is 5. The van der Waals surface area contributed by atoms with Crippen molar-refractivity contribution in [3.63, 3.8) is 0 Å². The van der Waals surface area contributed by atoms with Gasteiger partial charge in [0, 0.05) is 16.0 Å². The SMILES string of the molecule is Cc1ccc(C)c(C(=O)COC(=O)c2cc3c(C)nn(-c4ccc(Cl)cc4)c3s2)c1. The quantitative estimate of drug-likeness (QED) is 0.296. The van der Waals surface area contributed by atoms with E-state index in [0.29, 0.717) is 15.5 Å². The van der Waals surface area contributed by atoms with Gasteiger partial charge in [-0.1, -0.05) is 29.3 Å². The van der Waals surface area contributed by atoms with Gasteiger partial charge in [0.25, 0.3) is 0 Å². The number of fused-ring (bicyclic) bond motifs is 1. The van der Waals surface area contributed by atoms with Crippen LogP contribution in [0.5, 0.6) is 0 Å². The number of ketones is 1. The first-order chi connectivity index (χ1) is 14.3. The molecule has 0 saturated carbocycles. The van der Waals surface area contributed by atoms with Crippen molar-refractivity contribution in [3.8, 4) is 5.69 Å². The zero-order valence-electron chi connectivity index (χ0n) is 16.7. The van der Waals surface area contributed by atoms with Crippen molar-refractivity contribution in [2.45, 2.75) is 20.8 Å². The average molecular weight is 439 g/mol. The number of aromatic nitrogens is 2. The maximum atomic E-state index is 12.6. The van der Waals surface area contributed by atoms with Gasteiger partial charge in [0.1, 0.15) is 9.71 Å². The smallest absolute Gasteiger partial charge is 0.348 e. The van der Waals surface area contributed by atoms with Crippen molar-refractivity contribution in [1.29, 1.82) is 0 Å². The summed E-state index contributed by atoms with van der Waals surface area (Å²) in [6, 6.07) is 14.7.